The van der Waals surface area contributed by atoms with Crippen molar-refractivity contribution >= 4 is 17.7 Å². The van der Waals surface area contributed by atoms with E-state index in [9.17, 15) is 4.39 Å². The van der Waals surface area contributed by atoms with E-state index in [1.54, 1.807) is 31.1 Å². The summed E-state index contributed by atoms with van der Waals surface area (Å²) >= 11 is 1.68. The molecule has 0 aliphatic carbocycles. The Morgan fingerprint density at radius 2 is 2.22 bits per heavy atom. The fourth-order valence-corrected chi connectivity index (χ4v) is 2.76. The third-order valence-corrected chi connectivity index (χ3v) is 3.93. The summed E-state index contributed by atoms with van der Waals surface area (Å²) in [6.45, 7) is 2.10. The van der Waals surface area contributed by atoms with Crippen LogP contribution in [0.2, 0.25) is 0 Å². The molecule has 0 spiro atoms. The molecule has 124 valence electrons. The number of benzene rings is 1. The van der Waals surface area contributed by atoms with Crippen molar-refractivity contribution in [3.63, 3.8) is 0 Å². The summed E-state index contributed by atoms with van der Waals surface area (Å²) in [6.07, 6.45) is 5.69. The van der Waals surface area contributed by atoms with Crippen LogP contribution >= 0.6 is 11.8 Å². The van der Waals surface area contributed by atoms with Crippen LogP contribution in [0.5, 0.6) is 0 Å². The van der Waals surface area contributed by atoms with Gasteiger partial charge in [-0.2, -0.15) is 16.9 Å². The van der Waals surface area contributed by atoms with Crippen LogP contribution in [0.25, 0.3) is 0 Å². The Kier molecular flexibility index (Phi) is 6.93. The van der Waals surface area contributed by atoms with Gasteiger partial charge >= 0.3 is 0 Å². The monoisotopic (exact) mass is 335 g/mol. The van der Waals surface area contributed by atoms with E-state index in [0.29, 0.717) is 6.54 Å². The Morgan fingerprint density at radius 1 is 1.35 bits per heavy atom. The Hall–Kier alpha value is -2.02. The quantitative estimate of drug-likeness (QED) is 0.602. The van der Waals surface area contributed by atoms with Gasteiger partial charge in [-0.3, -0.25) is 9.67 Å². The zero-order valence-electron chi connectivity index (χ0n) is 13.4. The van der Waals surface area contributed by atoms with Crippen molar-refractivity contribution in [3.05, 3.63) is 53.6 Å². The summed E-state index contributed by atoms with van der Waals surface area (Å²) in [6, 6.07) is 6.82. The number of hydrogen-bond donors (Lipinski definition) is 2. The van der Waals surface area contributed by atoms with E-state index in [-0.39, 0.29) is 5.82 Å². The van der Waals surface area contributed by atoms with Crippen LogP contribution in [0, 0.1) is 5.82 Å². The standard InChI is InChI=1S/C16H22FN5S/c1-18-16(19-7-9-22-8-3-6-21-22)20-11-13-4-5-15(17)10-14(13)12-23-2/h3-6,8,10H,7,9,11-12H2,1-2H3,(H2,18,19,20). The predicted molar refractivity (Wildman–Crippen MR) is 94.0 cm³/mol. The maximum absolute atomic E-state index is 13.4. The molecule has 2 aromatic rings. The van der Waals surface area contributed by atoms with E-state index in [1.807, 2.05) is 29.3 Å². The Balaban J connectivity index is 1.85. The second-order valence-corrected chi connectivity index (χ2v) is 5.83. The van der Waals surface area contributed by atoms with Gasteiger partial charge in [-0.05, 0) is 35.6 Å². The summed E-state index contributed by atoms with van der Waals surface area (Å²) in [5.74, 6) is 1.32. The molecule has 0 saturated heterocycles. The number of nitrogens with one attached hydrogen (secondary N) is 2. The largest absolute Gasteiger partial charge is 0.355 e. The molecule has 0 unspecified atom stereocenters. The topological polar surface area (TPSA) is 54.2 Å². The SMILES string of the molecule is CN=C(NCCn1cccn1)NCc1ccc(F)cc1CSC. The molecule has 7 heteroatoms. The highest BCUT2D eigenvalue weighted by molar-refractivity contribution is 7.97. The molecule has 0 bridgehead atoms. The lowest BCUT2D eigenvalue weighted by molar-refractivity contribution is 0.597. The summed E-state index contributed by atoms with van der Waals surface area (Å²) in [7, 11) is 1.73. The molecule has 0 radical (unpaired) electrons. The molecule has 0 saturated carbocycles. The molecule has 1 aromatic carbocycles. The van der Waals surface area contributed by atoms with Crippen molar-refractivity contribution in [1.82, 2.24) is 20.4 Å². The minimum atomic E-state index is -0.195. The highest BCUT2D eigenvalue weighted by Gasteiger charge is 2.05. The second kappa shape index (κ2) is 9.19. The van der Waals surface area contributed by atoms with Crippen molar-refractivity contribution < 1.29 is 4.39 Å². The van der Waals surface area contributed by atoms with Crippen LogP contribution in [0.1, 0.15) is 11.1 Å². The van der Waals surface area contributed by atoms with E-state index in [2.05, 4.69) is 20.7 Å². The number of nitrogens with zero attached hydrogens (tertiary/aromatic N) is 3. The summed E-state index contributed by atoms with van der Waals surface area (Å²) in [5.41, 5.74) is 2.09. The number of aromatic nitrogens is 2. The van der Waals surface area contributed by atoms with Gasteiger partial charge in [-0.15, -0.1) is 0 Å². The average molecular weight is 335 g/mol. The van der Waals surface area contributed by atoms with Crippen molar-refractivity contribution in [2.75, 3.05) is 19.8 Å². The molecule has 0 aliphatic rings. The fourth-order valence-electron chi connectivity index (χ4n) is 2.18. The van der Waals surface area contributed by atoms with Gasteiger partial charge in [0.15, 0.2) is 5.96 Å². The molecule has 2 rings (SSSR count). The molecule has 0 atom stereocenters. The third-order valence-electron chi connectivity index (χ3n) is 3.33. The fraction of sp³-hybridized carbons (Fsp3) is 0.375. The summed E-state index contributed by atoms with van der Waals surface area (Å²) < 4.78 is 15.2. The van der Waals surface area contributed by atoms with Gasteiger partial charge in [0.05, 0.1) is 6.54 Å². The van der Waals surface area contributed by atoms with E-state index in [4.69, 9.17) is 0 Å². The van der Waals surface area contributed by atoms with Crippen molar-refractivity contribution in [3.8, 4) is 0 Å². The van der Waals surface area contributed by atoms with Gasteiger partial charge in [-0.1, -0.05) is 6.07 Å². The molecular formula is C16H22FN5S. The number of thioether (sulfide) groups is 1. The van der Waals surface area contributed by atoms with Crippen molar-refractivity contribution in [2.24, 2.45) is 4.99 Å². The van der Waals surface area contributed by atoms with Gasteiger partial charge in [0.1, 0.15) is 5.82 Å². The zero-order chi connectivity index (χ0) is 16.5. The first kappa shape index (κ1) is 17.3. The molecule has 23 heavy (non-hydrogen) atoms. The van der Waals surface area contributed by atoms with Crippen LogP contribution in [0.4, 0.5) is 4.39 Å². The molecular weight excluding hydrogens is 313 g/mol. The maximum Gasteiger partial charge on any atom is 0.191 e. The van der Waals surface area contributed by atoms with E-state index in [1.165, 1.54) is 6.07 Å². The highest BCUT2D eigenvalue weighted by atomic mass is 32.2. The predicted octanol–water partition coefficient (Wildman–Crippen LogP) is 2.25. The van der Waals surface area contributed by atoms with Gasteiger partial charge < -0.3 is 10.6 Å². The Labute approximate surface area is 140 Å². The summed E-state index contributed by atoms with van der Waals surface area (Å²) in [5, 5.41) is 10.7. The first-order chi connectivity index (χ1) is 11.2. The minimum absolute atomic E-state index is 0.195. The zero-order valence-corrected chi connectivity index (χ0v) is 14.2. The Morgan fingerprint density at radius 3 is 2.91 bits per heavy atom. The smallest absolute Gasteiger partial charge is 0.191 e. The number of rotatable bonds is 7. The van der Waals surface area contributed by atoms with Gasteiger partial charge in [0.25, 0.3) is 0 Å². The average Bonchev–Trinajstić information content (AvgIpc) is 3.06. The first-order valence-electron chi connectivity index (χ1n) is 7.41. The molecule has 2 N–H and O–H groups in total. The molecule has 5 nitrogen and oxygen atoms in total. The maximum atomic E-state index is 13.4. The highest BCUT2D eigenvalue weighted by Crippen LogP contribution is 2.16. The minimum Gasteiger partial charge on any atom is -0.355 e. The Bertz CT molecular complexity index is 627. The van der Waals surface area contributed by atoms with Crippen LogP contribution in [0.3, 0.4) is 0 Å². The lowest BCUT2D eigenvalue weighted by atomic mass is 10.1. The number of guanidine groups is 1. The normalized spacial score (nSPS) is 11.5. The molecule has 1 aromatic heterocycles. The van der Waals surface area contributed by atoms with Gasteiger partial charge in [0, 0.05) is 38.3 Å². The summed E-state index contributed by atoms with van der Waals surface area (Å²) in [4.78, 5) is 4.20. The first-order valence-corrected chi connectivity index (χ1v) is 8.80. The second-order valence-electron chi connectivity index (χ2n) is 4.97. The van der Waals surface area contributed by atoms with Crippen molar-refractivity contribution in [2.45, 2.75) is 18.8 Å². The number of halogens is 1. The number of hydrogen-bond acceptors (Lipinski definition) is 3. The lowest BCUT2D eigenvalue weighted by Gasteiger charge is -2.14. The molecule has 0 aliphatic heterocycles. The van der Waals surface area contributed by atoms with E-state index < -0.39 is 0 Å². The van der Waals surface area contributed by atoms with Crippen LogP contribution < -0.4 is 10.6 Å². The van der Waals surface area contributed by atoms with E-state index in [0.717, 1.165) is 35.9 Å². The molecule has 1 heterocycles. The molecule has 0 fully saturated rings. The number of aliphatic imine (C=N–C) groups is 1. The molecule has 0 amide bonds. The van der Waals surface area contributed by atoms with Crippen LogP contribution in [0.15, 0.2) is 41.7 Å². The lowest BCUT2D eigenvalue weighted by Crippen LogP contribution is -2.38. The van der Waals surface area contributed by atoms with Gasteiger partial charge in [0.2, 0.25) is 0 Å². The van der Waals surface area contributed by atoms with Crippen LogP contribution in [-0.4, -0.2) is 35.6 Å². The van der Waals surface area contributed by atoms with Crippen LogP contribution in [-0.2, 0) is 18.8 Å². The third kappa shape index (κ3) is 5.59. The van der Waals surface area contributed by atoms with Crippen molar-refractivity contribution in [1.29, 1.82) is 0 Å². The van der Waals surface area contributed by atoms with Gasteiger partial charge in [-0.25, -0.2) is 4.39 Å². The van der Waals surface area contributed by atoms with E-state index >= 15 is 0 Å².